The van der Waals surface area contributed by atoms with Crippen LogP contribution in [0.15, 0.2) is 50.5 Å². The smallest absolute Gasteiger partial charge is 0.250 e. The average molecular weight is 390 g/mol. The molecule has 0 fully saturated rings. The maximum absolute atomic E-state index is 12.3. The molecule has 2 rings (SSSR count). The predicted molar refractivity (Wildman–Crippen MR) is 88.1 cm³/mol. The molecule has 0 amide bonds. The Morgan fingerprint density at radius 1 is 1.24 bits per heavy atom. The molecule has 0 bridgehead atoms. The number of aliphatic hydroxyl groups excluding tert-OH is 1. The number of hydrogen-bond donors (Lipinski definition) is 2. The van der Waals surface area contributed by atoms with Crippen molar-refractivity contribution in [1.82, 2.24) is 4.72 Å². The van der Waals surface area contributed by atoms with E-state index in [4.69, 9.17) is 0 Å². The zero-order chi connectivity index (χ0) is 15.5. The minimum Gasteiger partial charge on any atom is -0.395 e. The lowest BCUT2D eigenvalue weighted by molar-refractivity contribution is 0.242. The van der Waals surface area contributed by atoms with Crippen molar-refractivity contribution >= 4 is 37.3 Å². The second kappa shape index (κ2) is 7.02. The second-order valence-electron chi connectivity index (χ2n) is 4.67. The van der Waals surface area contributed by atoms with Crippen molar-refractivity contribution in [3.63, 3.8) is 0 Å². The van der Waals surface area contributed by atoms with Crippen molar-refractivity contribution in [2.45, 2.75) is 23.1 Å². The quantitative estimate of drug-likeness (QED) is 0.797. The van der Waals surface area contributed by atoms with Gasteiger partial charge in [-0.3, -0.25) is 0 Å². The van der Waals surface area contributed by atoms with E-state index in [2.05, 4.69) is 20.7 Å². The van der Waals surface area contributed by atoms with E-state index in [0.717, 1.165) is 20.7 Å². The van der Waals surface area contributed by atoms with E-state index in [1.54, 1.807) is 12.1 Å². The van der Waals surface area contributed by atoms with Crippen LogP contribution < -0.4 is 4.72 Å². The third kappa shape index (κ3) is 4.14. The summed E-state index contributed by atoms with van der Waals surface area (Å²) in [6, 6.07) is 12.2. The van der Waals surface area contributed by atoms with Crippen molar-refractivity contribution in [3.8, 4) is 0 Å². The molecule has 0 aliphatic rings. The van der Waals surface area contributed by atoms with Gasteiger partial charge in [-0.2, -0.15) is 0 Å². The highest BCUT2D eigenvalue weighted by Crippen LogP contribution is 2.27. The largest absolute Gasteiger partial charge is 0.395 e. The molecule has 0 unspecified atom stereocenters. The first kappa shape index (κ1) is 16.6. The Morgan fingerprint density at radius 3 is 2.43 bits per heavy atom. The molecule has 7 heteroatoms. The fraction of sp³-hybridized carbons (Fsp3) is 0.286. The number of aliphatic hydroxyl groups is 1. The molecule has 0 saturated heterocycles. The zero-order valence-electron chi connectivity index (χ0n) is 11.4. The van der Waals surface area contributed by atoms with Gasteiger partial charge in [-0.15, -0.1) is 11.3 Å². The molecule has 0 aliphatic carbocycles. The van der Waals surface area contributed by atoms with Crippen molar-refractivity contribution in [1.29, 1.82) is 0 Å². The molecule has 21 heavy (non-hydrogen) atoms. The van der Waals surface area contributed by atoms with Gasteiger partial charge in [0.1, 0.15) is 4.21 Å². The lowest BCUT2D eigenvalue weighted by Crippen LogP contribution is -2.40. The molecule has 1 heterocycles. The molecule has 0 saturated carbocycles. The first-order valence-corrected chi connectivity index (χ1v) is 9.47. The van der Waals surface area contributed by atoms with Crippen LogP contribution in [0.5, 0.6) is 0 Å². The Bertz CT molecular complexity index is 685. The first-order chi connectivity index (χ1) is 9.94. The van der Waals surface area contributed by atoms with E-state index in [1.165, 1.54) is 0 Å². The lowest BCUT2D eigenvalue weighted by Gasteiger charge is -2.23. The van der Waals surface area contributed by atoms with Gasteiger partial charge >= 0.3 is 0 Å². The van der Waals surface area contributed by atoms with Crippen LogP contribution in [0.3, 0.4) is 0 Å². The van der Waals surface area contributed by atoms with Crippen LogP contribution in [0.2, 0.25) is 0 Å². The molecule has 2 N–H and O–H groups in total. The summed E-state index contributed by atoms with van der Waals surface area (Å²) in [6.45, 7) is 1.63. The third-order valence-corrected chi connectivity index (χ3v) is 6.85. The van der Waals surface area contributed by atoms with E-state index in [1.807, 2.05) is 37.3 Å². The van der Waals surface area contributed by atoms with Crippen LogP contribution in [0.4, 0.5) is 0 Å². The van der Waals surface area contributed by atoms with Gasteiger partial charge in [-0.05, 0) is 39.5 Å². The third-order valence-electron chi connectivity index (χ3n) is 3.25. The molecule has 4 nitrogen and oxygen atoms in total. The molecule has 2 atom stereocenters. The van der Waals surface area contributed by atoms with Crippen LogP contribution in [-0.2, 0) is 10.0 Å². The molecule has 1 aromatic heterocycles. The van der Waals surface area contributed by atoms with Gasteiger partial charge in [0, 0.05) is 0 Å². The number of thiophene rings is 1. The van der Waals surface area contributed by atoms with Crippen LogP contribution >= 0.6 is 27.3 Å². The number of sulfonamides is 1. The minimum absolute atomic E-state index is 0.130. The van der Waals surface area contributed by atoms with E-state index in [9.17, 15) is 13.5 Å². The minimum atomic E-state index is -3.63. The second-order valence-corrected chi connectivity index (χ2v) is 9.07. The zero-order valence-corrected chi connectivity index (χ0v) is 14.6. The predicted octanol–water partition coefficient (Wildman–Crippen LogP) is 2.95. The van der Waals surface area contributed by atoms with E-state index in [0.29, 0.717) is 0 Å². The van der Waals surface area contributed by atoms with Crippen LogP contribution in [-0.4, -0.2) is 26.2 Å². The van der Waals surface area contributed by atoms with E-state index < -0.39 is 16.1 Å². The Kier molecular flexibility index (Phi) is 5.56. The fourth-order valence-corrected chi connectivity index (χ4v) is 5.32. The Labute approximate surface area is 137 Å². The van der Waals surface area contributed by atoms with Crippen LogP contribution in [0.1, 0.15) is 18.4 Å². The first-order valence-electron chi connectivity index (χ1n) is 6.37. The maximum atomic E-state index is 12.3. The highest BCUT2D eigenvalue weighted by Gasteiger charge is 2.26. The van der Waals surface area contributed by atoms with Crippen LogP contribution in [0, 0.1) is 0 Å². The number of benzene rings is 1. The van der Waals surface area contributed by atoms with Crippen LogP contribution in [0.25, 0.3) is 0 Å². The summed E-state index contributed by atoms with van der Waals surface area (Å²) in [5, 5.41) is 9.54. The van der Waals surface area contributed by atoms with Gasteiger partial charge in [-0.1, -0.05) is 37.3 Å². The molecule has 0 spiro atoms. The van der Waals surface area contributed by atoms with E-state index in [-0.39, 0.29) is 16.7 Å². The molecular weight excluding hydrogens is 374 g/mol. The SMILES string of the molecule is C[C@H](c1ccccc1)[C@H](CO)NS(=O)(=O)c1ccc(Br)s1. The molecule has 1 aromatic carbocycles. The summed E-state index contributed by atoms with van der Waals surface area (Å²) < 4.78 is 28.2. The standard InChI is InChI=1S/C14H16BrNO3S2/c1-10(11-5-3-2-4-6-11)12(9-17)16-21(18,19)14-8-7-13(15)20-14/h2-8,10,12,16-17H,9H2,1H3/t10-,12+/m1/s1. The summed E-state index contributed by atoms with van der Waals surface area (Å²) in [4.78, 5) is 0. The summed E-state index contributed by atoms with van der Waals surface area (Å²) in [5.74, 6) is -0.130. The Hall–Kier alpha value is -0.730. The summed E-state index contributed by atoms with van der Waals surface area (Å²) in [5.41, 5.74) is 0.978. The highest BCUT2D eigenvalue weighted by molar-refractivity contribution is 9.11. The number of halogens is 1. The Balaban J connectivity index is 2.19. The lowest BCUT2D eigenvalue weighted by atomic mass is 9.94. The van der Waals surface area contributed by atoms with E-state index >= 15 is 0 Å². The van der Waals surface area contributed by atoms with Gasteiger partial charge in [-0.25, -0.2) is 13.1 Å². The highest BCUT2D eigenvalue weighted by atomic mass is 79.9. The summed E-state index contributed by atoms with van der Waals surface area (Å²) in [6.07, 6.45) is 0. The van der Waals surface area contributed by atoms with Gasteiger partial charge in [0.25, 0.3) is 0 Å². The number of nitrogens with one attached hydrogen (secondary N) is 1. The van der Waals surface area contributed by atoms with Crippen molar-refractivity contribution in [2.75, 3.05) is 6.61 Å². The monoisotopic (exact) mass is 389 g/mol. The molecule has 114 valence electrons. The summed E-state index contributed by atoms with van der Waals surface area (Å²) in [7, 11) is -3.63. The summed E-state index contributed by atoms with van der Waals surface area (Å²) >= 11 is 4.39. The van der Waals surface area contributed by atoms with Crippen molar-refractivity contribution < 1.29 is 13.5 Å². The maximum Gasteiger partial charge on any atom is 0.250 e. The molecular formula is C14H16BrNO3S2. The molecule has 2 aromatic rings. The number of rotatable bonds is 6. The Morgan fingerprint density at radius 2 is 1.90 bits per heavy atom. The van der Waals surface area contributed by atoms with Crippen molar-refractivity contribution in [3.05, 3.63) is 51.8 Å². The topological polar surface area (TPSA) is 66.4 Å². The molecule has 0 aliphatic heterocycles. The van der Waals surface area contributed by atoms with Gasteiger partial charge in [0.15, 0.2) is 0 Å². The van der Waals surface area contributed by atoms with Crippen molar-refractivity contribution in [2.24, 2.45) is 0 Å². The van der Waals surface area contributed by atoms with Gasteiger partial charge in [0.05, 0.1) is 16.4 Å². The average Bonchev–Trinajstić information content (AvgIpc) is 2.92. The normalized spacial score (nSPS) is 14.8. The van der Waals surface area contributed by atoms with Gasteiger partial charge in [0.2, 0.25) is 10.0 Å². The fourth-order valence-electron chi connectivity index (χ4n) is 1.99. The van der Waals surface area contributed by atoms with Gasteiger partial charge < -0.3 is 5.11 Å². The number of hydrogen-bond acceptors (Lipinski definition) is 4. The molecule has 0 radical (unpaired) electrons.